The Hall–Kier alpha value is -3.02. The van der Waals surface area contributed by atoms with E-state index in [0.717, 1.165) is 48.2 Å². The molecule has 1 aromatic carbocycles. The Morgan fingerprint density at radius 3 is 2.56 bits per heavy atom. The molecule has 0 unspecified atom stereocenters. The van der Waals surface area contributed by atoms with E-state index in [9.17, 15) is 4.79 Å². The number of aromatic nitrogens is 3. The summed E-state index contributed by atoms with van der Waals surface area (Å²) in [4.78, 5) is 30.0. The first kappa shape index (κ1) is 17.4. The van der Waals surface area contributed by atoms with Crippen molar-refractivity contribution in [2.75, 3.05) is 32.1 Å². The van der Waals surface area contributed by atoms with E-state index < -0.39 is 0 Å². The molecule has 3 heterocycles. The molecule has 6 heteroatoms. The van der Waals surface area contributed by atoms with Crippen molar-refractivity contribution in [3.63, 3.8) is 0 Å². The highest BCUT2D eigenvalue weighted by Gasteiger charge is 2.27. The first-order valence-electron chi connectivity index (χ1n) is 9.27. The van der Waals surface area contributed by atoms with Crippen molar-refractivity contribution in [2.45, 2.75) is 12.8 Å². The summed E-state index contributed by atoms with van der Waals surface area (Å²) in [6.45, 7) is 1.63. The molecule has 6 nitrogen and oxygen atoms in total. The van der Waals surface area contributed by atoms with Gasteiger partial charge in [0, 0.05) is 56.4 Å². The lowest BCUT2D eigenvalue weighted by Gasteiger charge is -2.33. The van der Waals surface area contributed by atoms with Crippen LogP contribution in [0.4, 0.5) is 5.82 Å². The first-order chi connectivity index (χ1) is 13.1. The predicted octanol–water partition coefficient (Wildman–Crippen LogP) is 3.00. The third-order valence-corrected chi connectivity index (χ3v) is 5.09. The minimum Gasteiger partial charge on any atom is -0.356 e. The fraction of sp³-hybridized carbons (Fsp3) is 0.333. The molecule has 27 heavy (non-hydrogen) atoms. The summed E-state index contributed by atoms with van der Waals surface area (Å²) >= 11 is 0. The van der Waals surface area contributed by atoms with Gasteiger partial charge in [0.2, 0.25) is 5.91 Å². The molecule has 1 aliphatic heterocycles. The number of amides is 1. The smallest absolute Gasteiger partial charge is 0.225 e. The second kappa shape index (κ2) is 7.31. The van der Waals surface area contributed by atoms with E-state index in [2.05, 4.69) is 16.0 Å². The number of fused-ring (bicyclic) bond motifs is 1. The molecule has 0 N–H and O–H groups in total. The molecular weight excluding hydrogens is 338 g/mol. The number of carbonyl (C=O) groups is 1. The number of nitrogens with zero attached hydrogens (tertiary/aromatic N) is 5. The van der Waals surface area contributed by atoms with E-state index in [1.54, 1.807) is 17.3 Å². The topological polar surface area (TPSA) is 62.2 Å². The van der Waals surface area contributed by atoms with Gasteiger partial charge in [-0.25, -0.2) is 9.97 Å². The zero-order chi connectivity index (χ0) is 18.8. The third-order valence-electron chi connectivity index (χ3n) is 5.09. The molecule has 0 aliphatic carbocycles. The van der Waals surface area contributed by atoms with Crippen LogP contribution in [0.5, 0.6) is 0 Å². The summed E-state index contributed by atoms with van der Waals surface area (Å²) in [6.07, 6.45) is 5.23. The average Bonchev–Trinajstić information content (AvgIpc) is 2.73. The van der Waals surface area contributed by atoms with E-state index in [0.29, 0.717) is 5.82 Å². The number of carbonyl (C=O) groups excluding carboxylic acids is 1. The predicted molar refractivity (Wildman–Crippen MR) is 106 cm³/mol. The second-order valence-corrected chi connectivity index (χ2v) is 7.12. The molecule has 1 fully saturated rings. The Kier molecular flexibility index (Phi) is 4.71. The largest absolute Gasteiger partial charge is 0.356 e. The molecule has 0 spiro atoms. The highest BCUT2D eigenvalue weighted by atomic mass is 16.2. The lowest BCUT2D eigenvalue weighted by molar-refractivity contribution is -0.133. The average molecular weight is 361 g/mol. The summed E-state index contributed by atoms with van der Waals surface area (Å²) in [6, 6.07) is 12.0. The molecule has 0 radical (unpaired) electrons. The van der Waals surface area contributed by atoms with Gasteiger partial charge in [-0.2, -0.15) is 0 Å². The molecular formula is C21H23N5O. The molecule has 0 saturated carbocycles. The van der Waals surface area contributed by atoms with E-state index in [1.165, 1.54) is 0 Å². The van der Waals surface area contributed by atoms with E-state index in [4.69, 9.17) is 9.97 Å². The van der Waals surface area contributed by atoms with Gasteiger partial charge in [-0.15, -0.1) is 0 Å². The Bertz CT molecular complexity index is 949. The monoisotopic (exact) mass is 361 g/mol. The van der Waals surface area contributed by atoms with Gasteiger partial charge < -0.3 is 9.80 Å². The first-order valence-corrected chi connectivity index (χ1v) is 9.27. The van der Waals surface area contributed by atoms with Gasteiger partial charge in [0.15, 0.2) is 5.82 Å². The minimum absolute atomic E-state index is 0.0992. The van der Waals surface area contributed by atoms with Gasteiger partial charge in [0.25, 0.3) is 0 Å². The minimum atomic E-state index is 0.0992. The molecule has 1 saturated heterocycles. The van der Waals surface area contributed by atoms with E-state index >= 15 is 0 Å². The summed E-state index contributed by atoms with van der Waals surface area (Å²) < 4.78 is 0. The highest BCUT2D eigenvalue weighted by Crippen LogP contribution is 2.30. The van der Waals surface area contributed by atoms with Crippen LogP contribution >= 0.6 is 0 Å². The number of pyridine rings is 1. The number of hydrogen-bond acceptors (Lipinski definition) is 5. The Morgan fingerprint density at radius 1 is 1.07 bits per heavy atom. The van der Waals surface area contributed by atoms with Crippen molar-refractivity contribution in [1.82, 2.24) is 19.9 Å². The number of para-hydroxylation sites is 1. The molecule has 0 bridgehead atoms. The van der Waals surface area contributed by atoms with E-state index in [-0.39, 0.29) is 11.8 Å². The van der Waals surface area contributed by atoms with Gasteiger partial charge in [-0.05, 0) is 37.1 Å². The van der Waals surface area contributed by atoms with E-state index in [1.807, 2.05) is 44.4 Å². The quantitative estimate of drug-likeness (QED) is 0.718. The molecule has 3 aromatic rings. The van der Waals surface area contributed by atoms with Crippen LogP contribution in [0.15, 0.2) is 48.8 Å². The van der Waals surface area contributed by atoms with Crippen molar-refractivity contribution in [2.24, 2.45) is 5.92 Å². The van der Waals surface area contributed by atoms with Crippen LogP contribution in [0.25, 0.3) is 22.3 Å². The SMILES string of the molecule is CN(C)C(=O)C1CCN(c2nc(-c3cccnc3)nc3ccccc23)CC1. The molecule has 138 valence electrons. The fourth-order valence-electron chi connectivity index (χ4n) is 3.63. The molecule has 1 aliphatic rings. The van der Waals surface area contributed by atoms with Gasteiger partial charge in [0.1, 0.15) is 5.82 Å². The van der Waals surface area contributed by atoms with Crippen LogP contribution in [0, 0.1) is 5.92 Å². The molecule has 4 rings (SSSR count). The van der Waals surface area contributed by atoms with Crippen LogP contribution in [-0.2, 0) is 4.79 Å². The summed E-state index contributed by atoms with van der Waals surface area (Å²) in [5.74, 6) is 1.94. The zero-order valence-corrected chi connectivity index (χ0v) is 15.7. The van der Waals surface area contributed by atoms with Crippen molar-refractivity contribution in [3.8, 4) is 11.4 Å². The van der Waals surface area contributed by atoms with Crippen LogP contribution < -0.4 is 4.90 Å². The van der Waals surface area contributed by atoms with Gasteiger partial charge >= 0.3 is 0 Å². The number of benzene rings is 1. The number of anilines is 1. The van der Waals surface area contributed by atoms with Crippen LogP contribution in [0.2, 0.25) is 0 Å². The van der Waals surface area contributed by atoms with Gasteiger partial charge in [0.05, 0.1) is 5.52 Å². The Morgan fingerprint density at radius 2 is 1.85 bits per heavy atom. The van der Waals surface area contributed by atoms with Crippen molar-refractivity contribution >= 4 is 22.6 Å². The maximum atomic E-state index is 12.3. The summed E-state index contributed by atoms with van der Waals surface area (Å²) in [7, 11) is 3.65. The summed E-state index contributed by atoms with van der Waals surface area (Å²) in [5.41, 5.74) is 1.83. The highest BCUT2D eigenvalue weighted by molar-refractivity contribution is 5.91. The zero-order valence-electron chi connectivity index (χ0n) is 15.7. The van der Waals surface area contributed by atoms with Crippen molar-refractivity contribution in [3.05, 3.63) is 48.8 Å². The molecule has 2 aromatic heterocycles. The van der Waals surface area contributed by atoms with Gasteiger partial charge in [-0.1, -0.05) is 12.1 Å². The number of piperidine rings is 1. The van der Waals surface area contributed by atoms with Gasteiger partial charge in [-0.3, -0.25) is 9.78 Å². The van der Waals surface area contributed by atoms with Crippen LogP contribution in [-0.4, -0.2) is 52.9 Å². The fourth-order valence-corrected chi connectivity index (χ4v) is 3.63. The summed E-state index contributed by atoms with van der Waals surface area (Å²) in [5, 5.41) is 1.04. The standard InChI is InChI=1S/C21H23N5O/c1-25(2)21(27)15-9-12-26(13-10-15)20-17-7-3-4-8-18(17)23-19(24-20)16-6-5-11-22-14-16/h3-8,11,14-15H,9-10,12-13H2,1-2H3. The maximum absolute atomic E-state index is 12.3. The van der Waals surface area contributed by atoms with Crippen molar-refractivity contribution in [1.29, 1.82) is 0 Å². The Balaban J connectivity index is 1.68. The van der Waals surface area contributed by atoms with Crippen LogP contribution in [0.3, 0.4) is 0 Å². The second-order valence-electron chi connectivity index (χ2n) is 7.12. The number of rotatable bonds is 3. The lowest BCUT2D eigenvalue weighted by Crippen LogP contribution is -2.40. The maximum Gasteiger partial charge on any atom is 0.225 e. The van der Waals surface area contributed by atoms with Crippen molar-refractivity contribution < 1.29 is 4.79 Å². The molecule has 0 atom stereocenters. The van der Waals surface area contributed by atoms with Crippen LogP contribution in [0.1, 0.15) is 12.8 Å². The third kappa shape index (κ3) is 3.47. The number of hydrogen-bond donors (Lipinski definition) is 0. The lowest BCUT2D eigenvalue weighted by atomic mass is 9.95. The molecule has 1 amide bonds. The normalized spacial score (nSPS) is 15.1. The Labute approximate surface area is 158 Å².